The summed E-state index contributed by atoms with van der Waals surface area (Å²) in [7, 11) is 0. The smallest absolute Gasteiger partial charge is 0.0136 e. The third-order valence-corrected chi connectivity index (χ3v) is 2.40. The molecule has 13 heavy (non-hydrogen) atoms. The molecule has 0 unspecified atom stereocenters. The highest BCUT2D eigenvalue weighted by molar-refractivity contribution is 14.1. The summed E-state index contributed by atoms with van der Waals surface area (Å²) in [5.41, 5.74) is 2.66. The lowest BCUT2D eigenvalue weighted by Gasteiger charge is -2.02. The van der Waals surface area contributed by atoms with Crippen LogP contribution in [-0.4, -0.2) is 0 Å². The summed E-state index contributed by atoms with van der Waals surface area (Å²) >= 11 is 2.34. The Morgan fingerprint density at radius 2 is 1.46 bits per heavy atom. The summed E-state index contributed by atoms with van der Waals surface area (Å²) in [6.45, 7) is 7.48. The van der Waals surface area contributed by atoms with Crippen molar-refractivity contribution in [3.05, 3.63) is 58.2 Å². The molecule has 0 nitrogen and oxygen atoms in total. The highest BCUT2D eigenvalue weighted by atomic mass is 127. The van der Waals surface area contributed by atoms with Gasteiger partial charge < -0.3 is 0 Å². The number of hydrogen-bond acceptors (Lipinski definition) is 0. The van der Waals surface area contributed by atoms with Crippen LogP contribution in [-0.2, 0) is 12.8 Å². The summed E-state index contributed by atoms with van der Waals surface area (Å²) in [6, 6.07) is 6.59. The zero-order valence-electron chi connectivity index (χ0n) is 7.59. The molecule has 0 aromatic heterocycles. The number of halogens is 1. The highest BCUT2D eigenvalue weighted by Crippen LogP contribution is 2.14. The van der Waals surface area contributed by atoms with Crippen LogP contribution >= 0.6 is 22.6 Å². The molecule has 0 bridgehead atoms. The molecule has 1 heteroatoms. The Kier molecular flexibility index (Phi) is 4.22. The molecule has 1 rings (SSSR count). The fraction of sp³-hybridized carbons (Fsp3) is 0.167. The third kappa shape index (κ3) is 3.35. The summed E-state index contributed by atoms with van der Waals surface area (Å²) in [4.78, 5) is 0. The molecule has 1 aromatic carbocycles. The second-order valence-corrected chi connectivity index (χ2v) is 4.20. The SMILES string of the molecule is C=CCc1cc(I)cc(CC=C)c1. The van der Waals surface area contributed by atoms with Gasteiger partial charge in [-0.1, -0.05) is 18.2 Å². The molecule has 0 aliphatic rings. The van der Waals surface area contributed by atoms with Crippen LogP contribution in [0.1, 0.15) is 11.1 Å². The van der Waals surface area contributed by atoms with Crippen molar-refractivity contribution in [3.8, 4) is 0 Å². The van der Waals surface area contributed by atoms with E-state index >= 15 is 0 Å². The Bertz CT molecular complexity index is 285. The molecule has 0 amide bonds. The zero-order valence-corrected chi connectivity index (χ0v) is 9.75. The lowest BCUT2D eigenvalue weighted by atomic mass is 10.1. The van der Waals surface area contributed by atoms with Gasteiger partial charge in [-0.2, -0.15) is 0 Å². The van der Waals surface area contributed by atoms with Crippen LogP contribution in [0.25, 0.3) is 0 Å². The average molecular weight is 284 g/mol. The van der Waals surface area contributed by atoms with Gasteiger partial charge in [-0.25, -0.2) is 0 Å². The van der Waals surface area contributed by atoms with E-state index in [1.165, 1.54) is 14.7 Å². The first kappa shape index (κ1) is 10.5. The van der Waals surface area contributed by atoms with Gasteiger partial charge in [-0.05, 0) is 58.7 Å². The maximum absolute atomic E-state index is 3.74. The summed E-state index contributed by atoms with van der Waals surface area (Å²) in [6.07, 6.45) is 5.76. The van der Waals surface area contributed by atoms with Crippen molar-refractivity contribution < 1.29 is 0 Å². The normalized spacial score (nSPS) is 9.62. The second kappa shape index (κ2) is 5.22. The van der Waals surface area contributed by atoms with Crippen LogP contribution in [0.5, 0.6) is 0 Å². The Morgan fingerprint density at radius 3 is 1.85 bits per heavy atom. The van der Waals surface area contributed by atoms with Crippen LogP contribution in [0.2, 0.25) is 0 Å². The Morgan fingerprint density at radius 1 is 1.00 bits per heavy atom. The van der Waals surface area contributed by atoms with E-state index in [2.05, 4.69) is 53.9 Å². The molecule has 1 aromatic rings. The molecule has 0 saturated carbocycles. The first-order valence-corrected chi connectivity index (χ1v) is 5.34. The van der Waals surface area contributed by atoms with Gasteiger partial charge in [-0.15, -0.1) is 13.2 Å². The summed E-state index contributed by atoms with van der Waals surface area (Å²) < 4.78 is 1.29. The van der Waals surface area contributed by atoms with Gasteiger partial charge in [0.25, 0.3) is 0 Å². The number of benzene rings is 1. The zero-order chi connectivity index (χ0) is 9.68. The highest BCUT2D eigenvalue weighted by Gasteiger charge is 1.96. The van der Waals surface area contributed by atoms with Gasteiger partial charge in [0.15, 0.2) is 0 Å². The van der Waals surface area contributed by atoms with Gasteiger partial charge in [0, 0.05) is 3.57 Å². The first-order valence-electron chi connectivity index (χ1n) is 4.26. The van der Waals surface area contributed by atoms with Gasteiger partial charge >= 0.3 is 0 Å². The summed E-state index contributed by atoms with van der Waals surface area (Å²) in [5.74, 6) is 0. The monoisotopic (exact) mass is 284 g/mol. The van der Waals surface area contributed by atoms with E-state index in [0.29, 0.717) is 0 Å². The topological polar surface area (TPSA) is 0 Å². The molecule has 0 spiro atoms. The minimum absolute atomic E-state index is 0.945. The van der Waals surface area contributed by atoms with Crippen molar-refractivity contribution in [2.75, 3.05) is 0 Å². The molecule has 0 atom stereocenters. The Balaban J connectivity index is 2.95. The quantitative estimate of drug-likeness (QED) is 0.583. The van der Waals surface area contributed by atoms with Crippen LogP contribution in [0.3, 0.4) is 0 Å². The minimum Gasteiger partial charge on any atom is -0.103 e. The molecular formula is C12H13I. The van der Waals surface area contributed by atoms with Gasteiger partial charge in [0.05, 0.1) is 0 Å². The molecule has 0 heterocycles. The third-order valence-electron chi connectivity index (χ3n) is 1.78. The summed E-state index contributed by atoms with van der Waals surface area (Å²) in [5, 5.41) is 0. The van der Waals surface area contributed by atoms with Crippen molar-refractivity contribution in [2.24, 2.45) is 0 Å². The van der Waals surface area contributed by atoms with E-state index in [4.69, 9.17) is 0 Å². The van der Waals surface area contributed by atoms with Crippen LogP contribution in [0, 0.1) is 3.57 Å². The minimum atomic E-state index is 0.945. The molecule has 0 aliphatic heterocycles. The molecular weight excluding hydrogens is 271 g/mol. The van der Waals surface area contributed by atoms with Gasteiger partial charge in [-0.3, -0.25) is 0 Å². The van der Waals surface area contributed by atoms with Crippen LogP contribution in [0.15, 0.2) is 43.5 Å². The standard InChI is InChI=1S/C12H13I/c1-3-5-10-7-11(6-4-2)9-12(13)8-10/h3-4,7-9H,1-2,5-6H2. The van der Waals surface area contributed by atoms with E-state index < -0.39 is 0 Å². The first-order chi connectivity index (χ1) is 6.26. The van der Waals surface area contributed by atoms with E-state index in [1.54, 1.807) is 0 Å². The Labute approximate surface area is 93.5 Å². The van der Waals surface area contributed by atoms with Crippen molar-refractivity contribution in [1.82, 2.24) is 0 Å². The maximum atomic E-state index is 3.74. The number of rotatable bonds is 4. The van der Waals surface area contributed by atoms with E-state index in [0.717, 1.165) is 12.8 Å². The predicted octanol–water partition coefficient (Wildman–Crippen LogP) is 3.75. The second-order valence-electron chi connectivity index (χ2n) is 2.95. The van der Waals surface area contributed by atoms with E-state index in [-0.39, 0.29) is 0 Å². The fourth-order valence-electron chi connectivity index (χ4n) is 1.29. The molecule has 0 N–H and O–H groups in total. The van der Waals surface area contributed by atoms with Crippen molar-refractivity contribution in [3.63, 3.8) is 0 Å². The molecule has 0 radical (unpaired) electrons. The Hall–Kier alpha value is -0.570. The predicted molar refractivity (Wildman–Crippen MR) is 67.0 cm³/mol. The maximum Gasteiger partial charge on any atom is 0.0136 e. The van der Waals surface area contributed by atoms with Crippen molar-refractivity contribution >= 4 is 22.6 Å². The molecule has 0 fully saturated rings. The number of allylic oxidation sites excluding steroid dienone is 2. The lowest BCUT2D eigenvalue weighted by molar-refractivity contribution is 1.20. The van der Waals surface area contributed by atoms with E-state index in [1.807, 2.05) is 12.2 Å². The largest absolute Gasteiger partial charge is 0.103 e. The molecule has 0 aliphatic carbocycles. The van der Waals surface area contributed by atoms with Crippen molar-refractivity contribution in [2.45, 2.75) is 12.8 Å². The lowest BCUT2D eigenvalue weighted by Crippen LogP contribution is -1.88. The van der Waals surface area contributed by atoms with Crippen molar-refractivity contribution in [1.29, 1.82) is 0 Å². The molecule has 68 valence electrons. The molecule has 0 saturated heterocycles. The van der Waals surface area contributed by atoms with Gasteiger partial charge in [0.2, 0.25) is 0 Å². The van der Waals surface area contributed by atoms with Crippen LogP contribution in [0.4, 0.5) is 0 Å². The number of hydrogen-bond donors (Lipinski definition) is 0. The van der Waals surface area contributed by atoms with E-state index in [9.17, 15) is 0 Å². The fourth-order valence-corrected chi connectivity index (χ4v) is 2.09. The average Bonchev–Trinajstić information content (AvgIpc) is 2.04. The van der Waals surface area contributed by atoms with Crippen LogP contribution < -0.4 is 0 Å². The van der Waals surface area contributed by atoms with Gasteiger partial charge in [0.1, 0.15) is 0 Å².